The summed E-state index contributed by atoms with van der Waals surface area (Å²) in [5.41, 5.74) is 1.67. The van der Waals surface area contributed by atoms with Gasteiger partial charge in [-0.3, -0.25) is 4.79 Å². The van der Waals surface area contributed by atoms with Crippen LogP contribution in [0, 0.1) is 11.6 Å². The number of carbonyl (C=O) groups is 1. The molecule has 3 rings (SSSR count). The van der Waals surface area contributed by atoms with Gasteiger partial charge in [-0.2, -0.15) is 13.2 Å². The van der Waals surface area contributed by atoms with Gasteiger partial charge in [0.25, 0.3) is 5.91 Å². The minimum atomic E-state index is -4.97. The number of carbonyl (C=O) groups excluding carboxylic acids is 1. The molecule has 0 aliphatic heterocycles. The number of aliphatic hydroxyl groups is 1. The van der Waals surface area contributed by atoms with E-state index in [1.165, 1.54) is 42.9 Å². The molecule has 0 saturated carbocycles. The van der Waals surface area contributed by atoms with Crippen molar-refractivity contribution in [3.05, 3.63) is 89.5 Å². The molecule has 1 heterocycles. The average Bonchev–Trinajstić information content (AvgIpc) is 3.36. The van der Waals surface area contributed by atoms with Gasteiger partial charge >= 0.3 is 6.18 Å². The van der Waals surface area contributed by atoms with Crippen LogP contribution in [0.2, 0.25) is 0 Å². The minimum absolute atomic E-state index is 0.00510. The van der Waals surface area contributed by atoms with Gasteiger partial charge in [0.2, 0.25) is 5.60 Å². The summed E-state index contributed by atoms with van der Waals surface area (Å²) in [5, 5.41) is 10.2. The molecule has 0 fully saturated rings. The highest BCUT2D eigenvalue weighted by Gasteiger charge is 2.55. The van der Waals surface area contributed by atoms with Crippen molar-refractivity contribution in [3.8, 4) is 5.75 Å². The van der Waals surface area contributed by atoms with Crippen molar-refractivity contribution in [2.45, 2.75) is 44.5 Å². The molecule has 3 aromatic rings. The molecule has 0 saturated heterocycles. The maximum atomic E-state index is 15.9. The van der Waals surface area contributed by atoms with Crippen molar-refractivity contribution in [1.29, 1.82) is 0 Å². The number of amides is 1. The first-order valence-electron chi connectivity index (χ1n) is 11.7. The van der Waals surface area contributed by atoms with Crippen LogP contribution in [0.25, 0.3) is 0 Å². The number of imidazole rings is 1. The Kier molecular flexibility index (Phi) is 8.59. The number of primary amides is 1. The number of hydrogen-bond acceptors (Lipinski definition) is 5. The van der Waals surface area contributed by atoms with E-state index in [0.29, 0.717) is 5.56 Å². The highest BCUT2D eigenvalue weighted by molar-refractivity contribution is 6.43. The Morgan fingerprint density at radius 2 is 1.97 bits per heavy atom. The van der Waals surface area contributed by atoms with Gasteiger partial charge in [-0.1, -0.05) is 38.6 Å². The van der Waals surface area contributed by atoms with Gasteiger partial charge in [0.1, 0.15) is 11.4 Å². The van der Waals surface area contributed by atoms with Crippen LogP contribution in [0.3, 0.4) is 0 Å². The van der Waals surface area contributed by atoms with Crippen LogP contribution in [-0.4, -0.2) is 39.6 Å². The van der Waals surface area contributed by atoms with Crippen molar-refractivity contribution >= 4 is 17.3 Å². The van der Waals surface area contributed by atoms with Crippen LogP contribution >= 0.6 is 0 Å². The van der Waals surface area contributed by atoms with Gasteiger partial charge in [-0.15, -0.1) is 0 Å². The van der Waals surface area contributed by atoms with Crippen molar-refractivity contribution in [2.75, 3.05) is 7.11 Å². The average molecular weight is 551 g/mol. The molecule has 12 heteroatoms. The van der Waals surface area contributed by atoms with Gasteiger partial charge < -0.3 is 20.1 Å². The number of aliphatic imine (C=N–C) groups is 1. The number of nitrogens with two attached hydrogens (primary N) is 1. The fraction of sp³-hybridized carbons (Fsp3) is 0.296. The lowest BCUT2D eigenvalue weighted by Crippen LogP contribution is -2.42. The Balaban J connectivity index is 2.10. The second-order valence-corrected chi connectivity index (χ2v) is 8.80. The molecule has 0 spiro atoms. The minimum Gasteiger partial charge on any atom is -0.494 e. The first-order chi connectivity index (χ1) is 18.3. The molecule has 0 bridgehead atoms. The zero-order valence-corrected chi connectivity index (χ0v) is 21.4. The number of nitrogens with zero attached hydrogens (tertiary/aromatic N) is 3. The number of benzene rings is 2. The van der Waals surface area contributed by atoms with Crippen molar-refractivity contribution < 1.29 is 36.6 Å². The topological polar surface area (TPSA) is 103 Å². The van der Waals surface area contributed by atoms with Crippen LogP contribution in [0.15, 0.2) is 60.5 Å². The van der Waals surface area contributed by atoms with E-state index in [2.05, 4.69) is 16.6 Å². The van der Waals surface area contributed by atoms with E-state index in [1.54, 1.807) is 13.0 Å². The van der Waals surface area contributed by atoms with Gasteiger partial charge in [-0.25, -0.2) is 18.8 Å². The first kappa shape index (κ1) is 29.5. The maximum Gasteiger partial charge on any atom is 0.423 e. The van der Waals surface area contributed by atoms with E-state index in [-0.39, 0.29) is 34.8 Å². The number of methoxy groups -OCH3 is 1. The normalized spacial score (nSPS) is 14.5. The molecule has 208 valence electrons. The fourth-order valence-electron chi connectivity index (χ4n) is 4.04. The molecule has 2 aromatic carbocycles. The van der Waals surface area contributed by atoms with Crippen LogP contribution in [-0.2, 0) is 16.9 Å². The third kappa shape index (κ3) is 5.85. The quantitative estimate of drug-likeness (QED) is 0.265. The molecule has 39 heavy (non-hydrogen) atoms. The second-order valence-electron chi connectivity index (χ2n) is 8.80. The molecule has 2 unspecified atom stereocenters. The van der Waals surface area contributed by atoms with Crippen molar-refractivity contribution in [2.24, 2.45) is 10.7 Å². The lowest BCUT2D eigenvalue weighted by atomic mass is 9.90. The van der Waals surface area contributed by atoms with E-state index in [1.807, 2.05) is 0 Å². The van der Waals surface area contributed by atoms with Crippen LogP contribution in [0.4, 0.5) is 27.6 Å². The molecular formula is C27H27F5N4O3. The van der Waals surface area contributed by atoms with E-state index in [0.717, 1.165) is 18.6 Å². The number of halogens is 5. The summed E-state index contributed by atoms with van der Waals surface area (Å²) < 4.78 is 76.7. The number of ether oxygens (including phenoxy) is 1. The Morgan fingerprint density at radius 3 is 2.51 bits per heavy atom. The van der Waals surface area contributed by atoms with Crippen molar-refractivity contribution in [3.63, 3.8) is 0 Å². The lowest BCUT2D eigenvalue weighted by molar-refractivity contribution is -0.269. The molecule has 1 amide bonds. The van der Waals surface area contributed by atoms with E-state index in [4.69, 9.17) is 10.5 Å². The molecule has 0 aliphatic rings. The second kappa shape index (κ2) is 11.4. The highest BCUT2D eigenvalue weighted by atomic mass is 19.4. The summed E-state index contributed by atoms with van der Waals surface area (Å²) in [5.74, 6) is -3.07. The van der Waals surface area contributed by atoms with Crippen LogP contribution < -0.4 is 10.5 Å². The first-order valence-corrected chi connectivity index (χ1v) is 11.7. The lowest BCUT2D eigenvalue weighted by Gasteiger charge is -2.27. The zero-order chi connectivity index (χ0) is 29.1. The van der Waals surface area contributed by atoms with Crippen molar-refractivity contribution in [1.82, 2.24) is 9.55 Å². The SMILES string of the molecule is C=CC(=Nc1c(C(C)c2ccc(OC)c(F)c2)ccc(Cn2cnc(C(O)(CC)C(F)(F)F)c2)c1F)C(N)=O. The standard InChI is InChI=1S/C27H27F5N4O3/c1-5-20(25(33)37)35-24-18(15(3)16-8-10-21(39-4)19(28)11-16)9-7-17(23(24)29)12-36-13-22(34-14-36)26(38,6-2)27(30,31)32/h5,7-11,13-15,38H,1,6,12H2,2-4H3,(H2,33,37). The highest BCUT2D eigenvalue weighted by Crippen LogP contribution is 2.41. The Labute approximate surface area is 221 Å². The molecule has 0 aliphatic carbocycles. The monoisotopic (exact) mass is 550 g/mol. The number of hydrogen-bond donors (Lipinski definition) is 2. The van der Waals surface area contributed by atoms with Crippen LogP contribution in [0.1, 0.15) is 48.6 Å². The summed E-state index contributed by atoms with van der Waals surface area (Å²) in [6.45, 7) is 6.04. The zero-order valence-electron chi connectivity index (χ0n) is 21.4. The van der Waals surface area contributed by atoms with E-state index in [9.17, 15) is 27.5 Å². The third-order valence-corrected chi connectivity index (χ3v) is 6.44. The largest absolute Gasteiger partial charge is 0.494 e. The predicted octanol–water partition coefficient (Wildman–Crippen LogP) is 5.27. The molecule has 0 radical (unpaired) electrons. The molecule has 7 nitrogen and oxygen atoms in total. The molecule has 2 atom stereocenters. The Hall–Kier alpha value is -4.06. The third-order valence-electron chi connectivity index (χ3n) is 6.44. The number of alkyl halides is 3. The number of rotatable bonds is 10. The summed E-state index contributed by atoms with van der Waals surface area (Å²) in [4.78, 5) is 19.6. The van der Waals surface area contributed by atoms with E-state index < -0.39 is 47.4 Å². The summed E-state index contributed by atoms with van der Waals surface area (Å²) in [6.07, 6.45) is -2.56. The summed E-state index contributed by atoms with van der Waals surface area (Å²) >= 11 is 0. The van der Waals surface area contributed by atoms with Crippen LogP contribution in [0.5, 0.6) is 5.75 Å². The van der Waals surface area contributed by atoms with Gasteiger partial charge in [0.05, 0.1) is 25.7 Å². The van der Waals surface area contributed by atoms with Gasteiger partial charge in [0.15, 0.2) is 17.4 Å². The summed E-state index contributed by atoms with van der Waals surface area (Å²) in [6, 6.07) is 7.16. The Bertz CT molecular complexity index is 1420. The maximum absolute atomic E-state index is 15.9. The Morgan fingerprint density at radius 1 is 1.28 bits per heavy atom. The van der Waals surface area contributed by atoms with Gasteiger partial charge in [0, 0.05) is 17.7 Å². The molecule has 3 N–H and O–H groups in total. The summed E-state index contributed by atoms with van der Waals surface area (Å²) in [7, 11) is 1.32. The smallest absolute Gasteiger partial charge is 0.423 e. The predicted molar refractivity (Wildman–Crippen MR) is 135 cm³/mol. The van der Waals surface area contributed by atoms with Gasteiger partial charge in [-0.05, 0) is 35.8 Å². The van der Waals surface area contributed by atoms with E-state index >= 15 is 4.39 Å². The molecule has 1 aromatic heterocycles. The fourth-order valence-corrected chi connectivity index (χ4v) is 4.04. The number of aromatic nitrogens is 2. The molecular weight excluding hydrogens is 523 g/mol.